The van der Waals surface area contributed by atoms with Crippen molar-refractivity contribution in [1.82, 2.24) is 9.97 Å². The lowest BCUT2D eigenvalue weighted by Gasteiger charge is -2.46. The van der Waals surface area contributed by atoms with Gasteiger partial charge in [-0.3, -0.25) is 4.98 Å². The van der Waals surface area contributed by atoms with E-state index < -0.39 is 0 Å². The summed E-state index contributed by atoms with van der Waals surface area (Å²) in [4.78, 5) is 8.93. The quantitative estimate of drug-likeness (QED) is 0.448. The Bertz CT molecular complexity index is 873. The molecule has 1 atom stereocenters. The van der Waals surface area contributed by atoms with Crippen molar-refractivity contribution in [2.75, 3.05) is 6.61 Å². The van der Waals surface area contributed by atoms with Crippen LogP contribution in [0.25, 0.3) is 0 Å². The Hall–Kier alpha value is -1.96. The van der Waals surface area contributed by atoms with Gasteiger partial charge < -0.3 is 4.74 Å². The summed E-state index contributed by atoms with van der Waals surface area (Å²) in [5, 5.41) is 9.44. The number of nitrogens with zero attached hydrogens (tertiary/aromatic N) is 3. The van der Waals surface area contributed by atoms with Crippen LogP contribution in [0.15, 0.2) is 36.7 Å². The van der Waals surface area contributed by atoms with Gasteiger partial charge in [0.2, 0.25) is 0 Å². The van der Waals surface area contributed by atoms with Gasteiger partial charge in [-0.15, -0.1) is 0 Å². The molecular formula is C24H28ClN3O. The molecule has 2 aromatic heterocycles. The summed E-state index contributed by atoms with van der Waals surface area (Å²) >= 11 is 5.95. The summed E-state index contributed by atoms with van der Waals surface area (Å²) in [5.41, 5.74) is 2.95. The number of halogens is 1. The van der Waals surface area contributed by atoms with Crippen LogP contribution in [0.5, 0.6) is 0 Å². The molecule has 0 amide bonds. The predicted molar refractivity (Wildman–Crippen MR) is 114 cm³/mol. The van der Waals surface area contributed by atoms with Crippen LogP contribution in [0.4, 0.5) is 0 Å². The van der Waals surface area contributed by atoms with E-state index in [4.69, 9.17) is 26.6 Å². The summed E-state index contributed by atoms with van der Waals surface area (Å²) in [5.74, 6) is 0. The summed E-state index contributed by atoms with van der Waals surface area (Å²) in [6.07, 6.45) is 15.0. The van der Waals surface area contributed by atoms with Crippen LogP contribution < -0.4 is 0 Å². The van der Waals surface area contributed by atoms with E-state index in [1.807, 2.05) is 18.3 Å². The second-order valence-electron chi connectivity index (χ2n) is 8.66. The topological polar surface area (TPSA) is 58.8 Å². The number of rotatable bonds is 6. The average Bonchev–Trinajstić information content (AvgIpc) is 3.20. The number of ether oxygens (including phenoxy) is 1. The SMILES string of the molecule is N#Cc1cc(CCCC[C@@]2(c3ccccn3)CCOC3(CCCC3)C2)cnc1Cl. The molecular weight excluding hydrogens is 382 g/mol. The van der Waals surface area contributed by atoms with Gasteiger partial charge in [0.25, 0.3) is 0 Å². The lowest BCUT2D eigenvalue weighted by atomic mass is 9.67. The molecule has 1 aliphatic carbocycles. The largest absolute Gasteiger partial charge is 0.375 e. The van der Waals surface area contributed by atoms with Crippen LogP contribution in [0, 0.1) is 11.3 Å². The Balaban J connectivity index is 1.45. The third-order valence-corrected chi connectivity index (χ3v) is 7.06. The molecule has 0 unspecified atom stereocenters. The number of pyridine rings is 2. The van der Waals surface area contributed by atoms with Gasteiger partial charge in [0.15, 0.2) is 0 Å². The van der Waals surface area contributed by atoms with Gasteiger partial charge >= 0.3 is 0 Å². The minimum Gasteiger partial charge on any atom is -0.375 e. The Morgan fingerprint density at radius 3 is 2.76 bits per heavy atom. The summed E-state index contributed by atoms with van der Waals surface area (Å²) in [6, 6.07) is 10.3. The number of hydrogen-bond acceptors (Lipinski definition) is 4. The Morgan fingerprint density at radius 1 is 1.14 bits per heavy atom. The zero-order valence-electron chi connectivity index (χ0n) is 16.9. The fourth-order valence-electron chi connectivity index (χ4n) is 5.30. The molecule has 2 aromatic rings. The van der Waals surface area contributed by atoms with Crippen LogP contribution in [0.2, 0.25) is 5.15 Å². The van der Waals surface area contributed by atoms with Gasteiger partial charge in [-0.05, 0) is 68.7 Å². The van der Waals surface area contributed by atoms with Crippen LogP contribution in [0.1, 0.15) is 74.6 Å². The first-order valence-corrected chi connectivity index (χ1v) is 11.1. The van der Waals surface area contributed by atoms with Crippen LogP contribution in [-0.2, 0) is 16.6 Å². The highest BCUT2D eigenvalue weighted by Gasteiger charge is 2.48. The third-order valence-electron chi connectivity index (χ3n) is 6.76. The van der Waals surface area contributed by atoms with E-state index in [1.165, 1.54) is 31.4 Å². The van der Waals surface area contributed by atoms with E-state index in [0.717, 1.165) is 50.7 Å². The maximum atomic E-state index is 9.15. The van der Waals surface area contributed by atoms with Crippen molar-refractivity contribution < 1.29 is 4.74 Å². The Labute approximate surface area is 178 Å². The molecule has 4 rings (SSSR count). The molecule has 1 spiro atoms. The monoisotopic (exact) mass is 409 g/mol. The van der Waals surface area contributed by atoms with Gasteiger partial charge in [-0.25, -0.2) is 4.98 Å². The highest BCUT2D eigenvalue weighted by molar-refractivity contribution is 6.30. The van der Waals surface area contributed by atoms with Crippen LogP contribution in [-0.4, -0.2) is 22.2 Å². The molecule has 0 aromatic carbocycles. The molecule has 2 fully saturated rings. The molecule has 4 nitrogen and oxygen atoms in total. The number of aryl methyl sites for hydroxylation is 1. The van der Waals surface area contributed by atoms with E-state index in [9.17, 15) is 0 Å². The van der Waals surface area contributed by atoms with E-state index in [2.05, 4.69) is 23.2 Å². The standard InChI is InChI=1S/C24H28ClN3O/c25-22-20(16-26)15-19(17-28-22)7-1-3-9-23(21-8-2-6-13-27-21)12-14-29-24(18-23)10-4-5-11-24/h2,6,8,13,15,17H,1,3-5,7,9-12,14,18H2/t23-/m1/s1. The molecule has 0 radical (unpaired) electrons. The summed E-state index contributed by atoms with van der Waals surface area (Å²) < 4.78 is 6.34. The van der Waals surface area contributed by atoms with Crippen molar-refractivity contribution in [2.45, 2.75) is 75.2 Å². The van der Waals surface area contributed by atoms with Crippen molar-refractivity contribution in [3.8, 4) is 6.07 Å². The van der Waals surface area contributed by atoms with Crippen molar-refractivity contribution >= 4 is 11.6 Å². The van der Waals surface area contributed by atoms with E-state index in [1.54, 1.807) is 6.20 Å². The first-order valence-electron chi connectivity index (χ1n) is 10.7. The number of unbranched alkanes of at least 4 members (excludes halogenated alkanes) is 1. The van der Waals surface area contributed by atoms with Crippen molar-refractivity contribution in [1.29, 1.82) is 5.26 Å². The van der Waals surface area contributed by atoms with Gasteiger partial charge in [-0.2, -0.15) is 5.26 Å². The van der Waals surface area contributed by atoms with Crippen molar-refractivity contribution in [3.05, 3.63) is 58.6 Å². The summed E-state index contributed by atoms with van der Waals surface area (Å²) in [7, 11) is 0. The zero-order valence-corrected chi connectivity index (χ0v) is 17.6. The van der Waals surface area contributed by atoms with Gasteiger partial charge in [-0.1, -0.05) is 36.9 Å². The smallest absolute Gasteiger partial charge is 0.146 e. The highest BCUT2D eigenvalue weighted by atomic mass is 35.5. The minimum absolute atomic E-state index is 0.0670. The van der Waals surface area contributed by atoms with Crippen LogP contribution in [0.3, 0.4) is 0 Å². The molecule has 0 N–H and O–H groups in total. The number of nitriles is 1. The zero-order chi connectivity index (χ0) is 20.2. The highest BCUT2D eigenvalue weighted by Crippen LogP contribution is 2.50. The second-order valence-corrected chi connectivity index (χ2v) is 9.02. The van der Waals surface area contributed by atoms with Gasteiger partial charge in [0.05, 0.1) is 11.2 Å². The van der Waals surface area contributed by atoms with Crippen molar-refractivity contribution in [3.63, 3.8) is 0 Å². The van der Waals surface area contributed by atoms with E-state index >= 15 is 0 Å². The maximum Gasteiger partial charge on any atom is 0.146 e. The third kappa shape index (κ3) is 4.47. The minimum atomic E-state index is 0.0670. The van der Waals surface area contributed by atoms with E-state index in [-0.39, 0.29) is 16.2 Å². The van der Waals surface area contributed by atoms with Gasteiger partial charge in [0.1, 0.15) is 11.2 Å². The van der Waals surface area contributed by atoms with Crippen LogP contribution >= 0.6 is 11.6 Å². The molecule has 152 valence electrons. The fraction of sp³-hybridized carbons (Fsp3) is 0.542. The fourth-order valence-corrected chi connectivity index (χ4v) is 5.44. The molecule has 5 heteroatoms. The Morgan fingerprint density at radius 2 is 2.00 bits per heavy atom. The number of hydrogen-bond donors (Lipinski definition) is 0. The molecule has 3 heterocycles. The summed E-state index contributed by atoms with van der Waals surface area (Å²) in [6.45, 7) is 0.837. The second kappa shape index (κ2) is 8.81. The first-order chi connectivity index (χ1) is 14.1. The van der Waals surface area contributed by atoms with E-state index in [0.29, 0.717) is 5.56 Å². The normalized spacial score (nSPS) is 23.2. The Kier molecular flexibility index (Phi) is 6.18. The molecule has 1 aliphatic heterocycles. The molecule has 1 saturated carbocycles. The molecule has 2 aliphatic rings. The maximum absolute atomic E-state index is 9.15. The van der Waals surface area contributed by atoms with Gasteiger partial charge in [0, 0.05) is 30.1 Å². The molecule has 0 bridgehead atoms. The first kappa shape index (κ1) is 20.3. The van der Waals surface area contributed by atoms with Crippen molar-refractivity contribution in [2.24, 2.45) is 0 Å². The average molecular weight is 410 g/mol. The molecule has 1 saturated heterocycles. The predicted octanol–water partition coefficient (Wildman–Crippen LogP) is 5.78. The number of aromatic nitrogens is 2. The lowest BCUT2D eigenvalue weighted by molar-refractivity contribution is -0.104. The lowest BCUT2D eigenvalue weighted by Crippen LogP contribution is -2.46. The molecule has 29 heavy (non-hydrogen) atoms.